The second-order valence-electron chi connectivity index (χ2n) is 5.20. The van der Waals surface area contributed by atoms with Crippen LogP contribution in [0.3, 0.4) is 0 Å². The predicted octanol–water partition coefficient (Wildman–Crippen LogP) is 2.88. The molecular weight excluding hydrogens is 226 g/mol. The monoisotopic (exact) mass is 249 g/mol. The lowest BCUT2D eigenvalue weighted by atomic mass is 9.94. The van der Waals surface area contributed by atoms with Crippen LogP contribution in [0.25, 0.3) is 0 Å². The third-order valence-corrected chi connectivity index (χ3v) is 3.20. The molecule has 2 heterocycles. The number of pyridine rings is 1. The molecule has 1 fully saturated rings. The second-order valence-corrected chi connectivity index (χ2v) is 5.20. The van der Waals surface area contributed by atoms with Crippen molar-refractivity contribution in [1.82, 2.24) is 4.98 Å². The molecule has 2 rings (SSSR count). The predicted molar refractivity (Wildman–Crippen MR) is 75.1 cm³/mol. The SMILES string of the molecule is CCCNc1cc(NC2(C)CCCOC2)ccn1. The largest absolute Gasteiger partial charge is 0.379 e. The fourth-order valence-electron chi connectivity index (χ4n) is 2.24. The topological polar surface area (TPSA) is 46.2 Å². The lowest BCUT2D eigenvalue weighted by Crippen LogP contribution is -2.43. The van der Waals surface area contributed by atoms with Gasteiger partial charge in [-0.2, -0.15) is 0 Å². The van der Waals surface area contributed by atoms with E-state index < -0.39 is 0 Å². The van der Waals surface area contributed by atoms with Crippen LogP contribution in [0.1, 0.15) is 33.1 Å². The second kappa shape index (κ2) is 6.05. The van der Waals surface area contributed by atoms with Crippen molar-refractivity contribution in [1.29, 1.82) is 0 Å². The molecule has 0 spiro atoms. The zero-order chi connectivity index (χ0) is 12.8. The van der Waals surface area contributed by atoms with Gasteiger partial charge in [0.15, 0.2) is 0 Å². The van der Waals surface area contributed by atoms with Crippen molar-refractivity contribution < 1.29 is 4.74 Å². The Kier molecular flexibility index (Phi) is 4.42. The fourth-order valence-corrected chi connectivity index (χ4v) is 2.24. The quantitative estimate of drug-likeness (QED) is 0.842. The Morgan fingerprint density at radius 3 is 3.11 bits per heavy atom. The van der Waals surface area contributed by atoms with Crippen LogP contribution in [0.5, 0.6) is 0 Å². The Morgan fingerprint density at radius 1 is 1.50 bits per heavy atom. The van der Waals surface area contributed by atoms with Gasteiger partial charge in [0.1, 0.15) is 5.82 Å². The third kappa shape index (κ3) is 3.60. The van der Waals surface area contributed by atoms with E-state index in [4.69, 9.17) is 4.74 Å². The molecule has 4 heteroatoms. The van der Waals surface area contributed by atoms with Gasteiger partial charge < -0.3 is 15.4 Å². The van der Waals surface area contributed by atoms with Gasteiger partial charge in [0.25, 0.3) is 0 Å². The normalized spacial score (nSPS) is 23.7. The number of aromatic nitrogens is 1. The molecule has 0 saturated carbocycles. The molecule has 100 valence electrons. The van der Waals surface area contributed by atoms with E-state index in [-0.39, 0.29) is 5.54 Å². The number of hydrogen-bond acceptors (Lipinski definition) is 4. The van der Waals surface area contributed by atoms with E-state index in [1.54, 1.807) is 0 Å². The number of ether oxygens (including phenoxy) is 1. The van der Waals surface area contributed by atoms with Crippen LogP contribution >= 0.6 is 0 Å². The van der Waals surface area contributed by atoms with Crippen molar-refractivity contribution in [3.8, 4) is 0 Å². The van der Waals surface area contributed by atoms with Gasteiger partial charge in [0.2, 0.25) is 0 Å². The van der Waals surface area contributed by atoms with Crippen molar-refractivity contribution >= 4 is 11.5 Å². The van der Waals surface area contributed by atoms with Gasteiger partial charge in [-0.25, -0.2) is 4.98 Å². The maximum Gasteiger partial charge on any atom is 0.127 e. The summed E-state index contributed by atoms with van der Waals surface area (Å²) in [5, 5.41) is 6.87. The van der Waals surface area contributed by atoms with Crippen LogP contribution in [0, 0.1) is 0 Å². The molecule has 1 saturated heterocycles. The van der Waals surface area contributed by atoms with Crippen molar-refractivity contribution in [3.63, 3.8) is 0 Å². The molecule has 1 aromatic heterocycles. The van der Waals surface area contributed by atoms with E-state index in [1.807, 2.05) is 12.3 Å². The first-order valence-corrected chi connectivity index (χ1v) is 6.78. The highest BCUT2D eigenvalue weighted by Gasteiger charge is 2.27. The zero-order valence-electron chi connectivity index (χ0n) is 11.3. The fraction of sp³-hybridized carbons (Fsp3) is 0.643. The maximum atomic E-state index is 5.56. The number of rotatable bonds is 5. The van der Waals surface area contributed by atoms with E-state index in [9.17, 15) is 0 Å². The summed E-state index contributed by atoms with van der Waals surface area (Å²) in [6.45, 7) is 6.97. The minimum atomic E-state index is 0.0433. The minimum absolute atomic E-state index is 0.0433. The van der Waals surface area contributed by atoms with Crippen molar-refractivity contribution in [2.75, 3.05) is 30.4 Å². The smallest absolute Gasteiger partial charge is 0.127 e. The van der Waals surface area contributed by atoms with Gasteiger partial charge in [-0.15, -0.1) is 0 Å². The molecule has 18 heavy (non-hydrogen) atoms. The highest BCUT2D eigenvalue weighted by Crippen LogP contribution is 2.24. The molecule has 1 aromatic rings. The minimum Gasteiger partial charge on any atom is -0.379 e. The summed E-state index contributed by atoms with van der Waals surface area (Å²) in [5.41, 5.74) is 1.15. The number of nitrogens with one attached hydrogen (secondary N) is 2. The molecular formula is C14H23N3O. The molecule has 1 aliphatic heterocycles. The zero-order valence-corrected chi connectivity index (χ0v) is 11.3. The van der Waals surface area contributed by atoms with Crippen LogP contribution in [0.2, 0.25) is 0 Å². The van der Waals surface area contributed by atoms with Crippen molar-refractivity contribution in [2.24, 2.45) is 0 Å². The summed E-state index contributed by atoms with van der Waals surface area (Å²) >= 11 is 0. The first-order valence-electron chi connectivity index (χ1n) is 6.78. The molecule has 0 radical (unpaired) electrons. The van der Waals surface area contributed by atoms with Crippen LogP contribution < -0.4 is 10.6 Å². The third-order valence-electron chi connectivity index (χ3n) is 3.20. The average Bonchev–Trinajstić information content (AvgIpc) is 2.37. The lowest BCUT2D eigenvalue weighted by Gasteiger charge is -2.35. The van der Waals surface area contributed by atoms with Gasteiger partial charge in [-0.1, -0.05) is 6.92 Å². The number of anilines is 2. The summed E-state index contributed by atoms with van der Waals surface area (Å²) in [6, 6.07) is 4.08. The van der Waals surface area contributed by atoms with Gasteiger partial charge in [-0.05, 0) is 32.3 Å². The van der Waals surface area contributed by atoms with E-state index in [0.717, 1.165) is 50.5 Å². The Balaban J connectivity index is 1.99. The molecule has 0 amide bonds. The molecule has 4 nitrogen and oxygen atoms in total. The summed E-state index contributed by atoms with van der Waals surface area (Å²) in [4.78, 5) is 4.31. The van der Waals surface area contributed by atoms with E-state index >= 15 is 0 Å². The van der Waals surface area contributed by atoms with Crippen LogP contribution in [0.15, 0.2) is 18.3 Å². The summed E-state index contributed by atoms with van der Waals surface area (Å²) in [5.74, 6) is 0.933. The maximum absolute atomic E-state index is 5.56. The Bertz CT molecular complexity index is 375. The van der Waals surface area contributed by atoms with E-state index in [2.05, 4.69) is 35.5 Å². The van der Waals surface area contributed by atoms with Gasteiger partial charge >= 0.3 is 0 Å². The Morgan fingerprint density at radius 2 is 2.39 bits per heavy atom. The Hall–Kier alpha value is -1.29. The molecule has 0 aliphatic carbocycles. The summed E-state index contributed by atoms with van der Waals surface area (Å²) < 4.78 is 5.56. The number of nitrogens with zero attached hydrogens (tertiary/aromatic N) is 1. The van der Waals surface area contributed by atoms with Crippen molar-refractivity contribution in [2.45, 2.75) is 38.6 Å². The van der Waals surface area contributed by atoms with Crippen LogP contribution in [-0.4, -0.2) is 30.3 Å². The highest BCUT2D eigenvalue weighted by molar-refractivity contribution is 5.53. The lowest BCUT2D eigenvalue weighted by molar-refractivity contribution is 0.0540. The molecule has 1 atom stereocenters. The van der Waals surface area contributed by atoms with Gasteiger partial charge in [0, 0.05) is 31.1 Å². The molecule has 1 unspecified atom stereocenters. The molecule has 0 bridgehead atoms. The van der Waals surface area contributed by atoms with Crippen LogP contribution in [0.4, 0.5) is 11.5 Å². The standard InChI is InChI=1S/C14H23N3O/c1-3-7-15-13-10-12(5-8-16-13)17-14(2)6-4-9-18-11-14/h5,8,10H,3-4,6-7,9,11H2,1-2H3,(H2,15,16,17). The molecule has 2 N–H and O–H groups in total. The average molecular weight is 249 g/mol. The van der Waals surface area contributed by atoms with Crippen LogP contribution in [-0.2, 0) is 4.74 Å². The Labute approximate surface area is 109 Å². The first-order chi connectivity index (χ1) is 8.72. The summed E-state index contributed by atoms with van der Waals surface area (Å²) in [6.07, 6.45) is 5.21. The van der Waals surface area contributed by atoms with E-state index in [0.29, 0.717) is 0 Å². The number of hydrogen-bond donors (Lipinski definition) is 2. The first kappa shape index (κ1) is 13.1. The van der Waals surface area contributed by atoms with Crippen molar-refractivity contribution in [3.05, 3.63) is 18.3 Å². The van der Waals surface area contributed by atoms with E-state index in [1.165, 1.54) is 0 Å². The molecule has 0 aromatic carbocycles. The summed E-state index contributed by atoms with van der Waals surface area (Å²) in [7, 11) is 0. The van der Waals surface area contributed by atoms with Gasteiger partial charge in [-0.3, -0.25) is 0 Å². The molecule has 1 aliphatic rings. The van der Waals surface area contributed by atoms with Gasteiger partial charge in [0.05, 0.1) is 12.1 Å². The highest BCUT2D eigenvalue weighted by atomic mass is 16.5.